The fourth-order valence-electron chi connectivity index (χ4n) is 3.18. The maximum Gasteiger partial charge on any atom is 0.142 e. The lowest BCUT2D eigenvalue weighted by Crippen LogP contribution is -2.18. The van der Waals surface area contributed by atoms with Crippen molar-refractivity contribution in [1.82, 2.24) is 4.98 Å². The van der Waals surface area contributed by atoms with Crippen LogP contribution < -0.4 is 4.74 Å². The van der Waals surface area contributed by atoms with Crippen LogP contribution in [0, 0.1) is 11.8 Å². The molecule has 0 bridgehead atoms. The molecular formula is C16H21NO. The highest BCUT2D eigenvalue weighted by Crippen LogP contribution is 2.37. The summed E-state index contributed by atoms with van der Waals surface area (Å²) >= 11 is 0. The Morgan fingerprint density at radius 3 is 2.89 bits per heavy atom. The lowest BCUT2D eigenvalue weighted by atomic mass is 9.80. The van der Waals surface area contributed by atoms with Gasteiger partial charge in [0.25, 0.3) is 0 Å². The summed E-state index contributed by atoms with van der Waals surface area (Å²) in [4.78, 5) is 3.57. The summed E-state index contributed by atoms with van der Waals surface area (Å²) in [6.07, 6.45) is 3.69. The Kier molecular flexibility index (Phi) is 2.81. The number of rotatable bonds is 2. The number of hydrogen-bond acceptors (Lipinski definition) is 1. The van der Waals surface area contributed by atoms with E-state index in [9.17, 15) is 0 Å². The number of hydrogen-bond donors (Lipinski definition) is 1. The fraction of sp³-hybridized carbons (Fsp3) is 0.500. The maximum absolute atomic E-state index is 5.45. The fourth-order valence-corrected chi connectivity index (χ4v) is 3.18. The van der Waals surface area contributed by atoms with Gasteiger partial charge < -0.3 is 9.72 Å². The predicted octanol–water partition coefficient (Wildman–Crippen LogP) is 3.94. The first-order valence-electron chi connectivity index (χ1n) is 6.87. The molecule has 0 spiro atoms. The molecule has 1 N–H and O–H groups in total. The number of aromatic amines is 1. The van der Waals surface area contributed by atoms with Crippen LogP contribution >= 0.6 is 0 Å². The van der Waals surface area contributed by atoms with E-state index in [1.54, 1.807) is 7.11 Å². The molecule has 0 fully saturated rings. The molecule has 2 heteroatoms. The van der Waals surface area contributed by atoms with E-state index in [-0.39, 0.29) is 0 Å². The van der Waals surface area contributed by atoms with Crippen molar-refractivity contribution in [1.29, 1.82) is 0 Å². The second-order valence-electron chi connectivity index (χ2n) is 5.71. The molecular weight excluding hydrogens is 222 g/mol. The number of fused-ring (bicyclic) bond motifs is 3. The first-order valence-corrected chi connectivity index (χ1v) is 6.87. The Bertz CT molecular complexity index is 568. The van der Waals surface area contributed by atoms with Crippen LogP contribution in [0.5, 0.6) is 5.75 Å². The van der Waals surface area contributed by atoms with Crippen molar-refractivity contribution in [3.63, 3.8) is 0 Å². The van der Waals surface area contributed by atoms with Gasteiger partial charge in [-0.2, -0.15) is 0 Å². The average molecular weight is 243 g/mol. The average Bonchev–Trinajstić information content (AvgIpc) is 2.76. The largest absolute Gasteiger partial charge is 0.495 e. The molecule has 0 saturated carbocycles. The van der Waals surface area contributed by atoms with Crippen LogP contribution in [-0.4, -0.2) is 12.1 Å². The van der Waals surface area contributed by atoms with Gasteiger partial charge in [-0.25, -0.2) is 0 Å². The minimum atomic E-state index is 0.772. The van der Waals surface area contributed by atoms with Crippen LogP contribution in [0.3, 0.4) is 0 Å². The number of aryl methyl sites for hydroxylation is 1. The van der Waals surface area contributed by atoms with Gasteiger partial charge in [0.15, 0.2) is 0 Å². The first-order chi connectivity index (χ1) is 8.70. The topological polar surface area (TPSA) is 25.0 Å². The van der Waals surface area contributed by atoms with Crippen LogP contribution in [0.2, 0.25) is 0 Å². The number of nitrogens with one attached hydrogen (secondary N) is 1. The zero-order valence-corrected chi connectivity index (χ0v) is 11.4. The third-order valence-corrected chi connectivity index (χ3v) is 4.39. The highest BCUT2D eigenvalue weighted by atomic mass is 16.5. The summed E-state index contributed by atoms with van der Waals surface area (Å²) < 4.78 is 5.45. The standard InChI is InChI=1S/C16H21NO/c1-10(2)11-7-8-14-13(9-11)12-5-4-6-15(18-3)16(12)17-14/h4-6,10-11,17H,7-9H2,1-3H3. The van der Waals surface area contributed by atoms with Gasteiger partial charge in [0.2, 0.25) is 0 Å². The van der Waals surface area contributed by atoms with Crippen molar-refractivity contribution < 1.29 is 4.74 Å². The van der Waals surface area contributed by atoms with Crippen molar-refractivity contribution in [2.24, 2.45) is 11.8 Å². The second-order valence-corrected chi connectivity index (χ2v) is 5.71. The van der Waals surface area contributed by atoms with Crippen LogP contribution in [-0.2, 0) is 12.8 Å². The van der Waals surface area contributed by atoms with Crippen molar-refractivity contribution in [3.05, 3.63) is 29.5 Å². The van der Waals surface area contributed by atoms with E-state index in [1.807, 2.05) is 6.07 Å². The molecule has 96 valence electrons. The van der Waals surface area contributed by atoms with Crippen LogP contribution in [0.4, 0.5) is 0 Å². The summed E-state index contributed by atoms with van der Waals surface area (Å²) in [6.45, 7) is 4.68. The number of benzene rings is 1. The van der Waals surface area contributed by atoms with Crippen molar-refractivity contribution in [2.45, 2.75) is 33.1 Å². The summed E-state index contributed by atoms with van der Waals surface area (Å²) in [5.41, 5.74) is 4.12. The summed E-state index contributed by atoms with van der Waals surface area (Å²) in [5, 5.41) is 1.36. The molecule has 0 radical (unpaired) electrons. The first kappa shape index (κ1) is 11.6. The lowest BCUT2D eigenvalue weighted by Gasteiger charge is -2.25. The summed E-state index contributed by atoms with van der Waals surface area (Å²) in [7, 11) is 1.74. The van der Waals surface area contributed by atoms with E-state index in [2.05, 4.69) is 31.0 Å². The normalized spacial score (nSPS) is 19.2. The van der Waals surface area contributed by atoms with Crippen molar-refractivity contribution in [3.8, 4) is 5.75 Å². The number of methoxy groups -OCH3 is 1. The smallest absolute Gasteiger partial charge is 0.142 e. The molecule has 1 atom stereocenters. The van der Waals surface area contributed by atoms with Gasteiger partial charge in [0.05, 0.1) is 12.6 Å². The monoisotopic (exact) mass is 243 g/mol. The molecule has 3 rings (SSSR count). The zero-order chi connectivity index (χ0) is 12.7. The number of para-hydroxylation sites is 1. The molecule has 1 aromatic carbocycles. The Morgan fingerprint density at radius 2 is 2.17 bits per heavy atom. The number of H-pyrrole nitrogens is 1. The van der Waals surface area contributed by atoms with E-state index in [1.165, 1.54) is 41.4 Å². The molecule has 1 aliphatic rings. The van der Waals surface area contributed by atoms with E-state index >= 15 is 0 Å². The zero-order valence-electron chi connectivity index (χ0n) is 11.4. The van der Waals surface area contributed by atoms with Crippen molar-refractivity contribution in [2.75, 3.05) is 7.11 Å². The molecule has 0 aliphatic heterocycles. The van der Waals surface area contributed by atoms with E-state index < -0.39 is 0 Å². The lowest BCUT2D eigenvalue weighted by molar-refractivity contribution is 0.342. The van der Waals surface area contributed by atoms with E-state index in [0.29, 0.717) is 0 Å². The van der Waals surface area contributed by atoms with Gasteiger partial charge >= 0.3 is 0 Å². The summed E-state index contributed by atoms with van der Waals surface area (Å²) in [6, 6.07) is 6.34. The van der Waals surface area contributed by atoms with Gasteiger partial charge in [-0.3, -0.25) is 0 Å². The molecule has 2 aromatic rings. The highest BCUT2D eigenvalue weighted by Gasteiger charge is 2.25. The second kappa shape index (κ2) is 4.34. The minimum absolute atomic E-state index is 0.772. The number of ether oxygens (including phenoxy) is 1. The Balaban J connectivity index is 2.11. The maximum atomic E-state index is 5.45. The van der Waals surface area contributed by atoms with Gasteiger partial charge in [-0.05, 0) is 42.7 Å². The molecule has 1 aromatic heterocycles. The molecule has 0 saturated heterocycles. The van der Waals surface area contributed by atoms with E-state index in [4.69, 9.17) is 4.74 Å². The highest BCUT2D eigenvalue weighted by molar-refractivity contribution is 5.89. The molecule has 2 nitrogen and oxygen atoms in total. The Labute approximate surface area is 108 Å². The van der Waals surface area contributed by atoms with Crippen LogP contribution in [0.15, 0.2) is 18.2 Å². The molecule has 1 unspecified atom stereocenters. The SMILES string of the molecule is COc1cccc2c3c([nH]c12)CCC(C(C)C)C3. The minimum Gasteiger partial charge on any atom is -0.495 e. The Hall–Kier alpha value is -1.44. The third-order valence-electron chi connectivity index (χ3n) is 4.39. The van der Waals surface area contributed by atoms with Gasteiger partial charge in [0.1, 0.15) is 5.75 Å². The quantitative estimate of drug-likeness (QED) is 0.849. The Morgan fingerprint density at radius 1 is 1.33 bits per heavy atom. The predicted molar refractivity (Wildman–Crippen MR) is 75.2 cm³/mol. The number of aromatic nitrogens is 1. The molecule has 18 heavy (non-hydrogen) atoms. The summed E-state index contributed by atoms with van der Waals surface area (Å²) in [5.74, 6) is 2.56. The van der Waals surface area contributed by atoms with Crippen LogP contribution in [0.1, 0.15) is 31.5 Å². The molecule has 1 heterocycles. The van der Waals surface area contributed by atoms with Crippen molar-refractivity contribution >= 4 is 10.9 Å². The third kappa shape index (κ3) is 1.71. The van der Waals surface area contributed by atoms with Crippen LogP contribution in [0.25, 0.3) is 10.9 Å². The molecule has 0 amide bonds. The molecule has 1 aliphatic carbocycles. The van der Waals surface area contributed by atoms with Gasteiger partial charge in [-0.1, -0.05) is 26.0 Å². The van der Waals surface area contributed by atoms with Gasteiger partial charge in [0, 0.05) is 11.1 Å². The van der Waals surface area contributed by atoms with E-state index in [0.717, 1.165) is 17.6 Å². The van der Waals surface area contributed by atoms with Gasteiger partial charge in [-0.15, -0.1) is 0 Å².